The van der Waals surface area contributed by atoms with Gasteiger partial charge in [0.15, 0.2) is 0 Å². The number of carboxylic acids is 1. The molecule has 178 valence electrons. The van der Waals surface area contributed by atoms with E-state index in [4.69, 9.17) is 10.8 Å². The van der Waals surface area contributed by atoms with Gasteiger partial charge in [0.1, 0.15) is 12.1 Å². The number of aliphatic carboxylic acids is 1. The van der Waals surface area contributed by atoms with Gasteiger partial charge in [-0.3, -0.25) is 19.2 Å². The molecule has 10 heteroatoms. The number of carboxylic acid groups (broad SMARTS) is 1. The Morgan fingerprint density at radius 1 is 1.00 bits per heavy atom. The maximum atomic E-state index is 12.2. The van der Waals surface area contributed by atoms with Gasteiger partial charge in [-0.05, 0) is 63.4 Å². The van der Waals surface area contributed by atoms with Crippen molar-refractivity contribution in [2.45, 2.75) is 57.5 Å². The maximum absolute atomic E-state index is 12.2. The fraction of sp³-hybridized carbons (Fsp3) is 0.545. The fourth-order valence-corrected chi connectivity index (χ4v) is 3.01. The van der Waals surface area contributed by atoms with Gasteiger partial charge in [0.2, 0.25) is 11.8 Å². The number of primary amides is 1. The predicted molar refractivity (Wildman–Crippen MR) is 122 cm³/mol. The number of anilines is 1. The van der Waals surface area contributed by atoms with Crippen LogP contribution >= 0.6 is 0 Å². The van der Waals surface area contributed by atoms with E-state index in [9.17, 15) is 19.2 Å². The van der Waals surface area contributed by atoms with E-state index in [1.807, 2.05) is 12.1 Å². The lowest BCUT2D eigenvalue weighted by molar-refractivity contribution is -0.139. The second kappa shape index (κ2) is 14.8. The highest BCUT2D eigenvalue weighted by Gasteiger charge is 2.20. The third-order valence-electron chi connectivity index (χ3n) is 4.92. The van der Waals surface area contributed by atoms with E-state index in [0.717, 1.165) is 18.7 Å². The fourth-order valence-electron chi connectivity index (χ4n) is 3.01. The van der Waals surface area contributed by atoms with Gasteiger partial charge in [-0.15, -0.1) is 0 Å². The normalized spacial score (nSPS) is 12.4. The van der Waals surface area contributed by atoms with Crippen molar-refractivity contribution in [3.8, 4) is 0 Å². The molecule has 0 radical (unpaired) electrons. The maximum Gasteiger partial charge on any atom is 0.320 e. The molecule has 0 fully saturated rings. The van der Waals surface area contributed by atoms with E-state index < -0.39 is 29.9 Å². The van der Waals surface area contributed by atoms with Crippen LogP contribution in [0.3, 0.4) is 0 Å². The van der Waals surface area contributed by atoms with Gasteiger partial charge in [-0.25, -0.2) is 0 Å². The number of unbranched alkanes of at least 4 members (excludes halogenated alkanes) is 1. The molecule has 0 spiro atoms. The summed E-state index contributed by atoms with van der Waals surface area (Å²) in [6.45, 7) is 3.38. The number of likely N-dealkylation sites (N-methyl/N-ethyl adjacent to an activating group) is 1. The number of hydrogen-bond acceptors (Lipinski definition) is 6. The second-order valence-electron chi connectivity index (χ2n) is 7.50. The summed E-state index contributed by atoms with van der Waals surface area (Å²) in [4.78, 5) is 46.8. The Balaban J connectivity index is 2.33. The summed E-state index contributed by atoms with van der Waals surface area (Å²) in [5, 5.41) is 20.2. The summed E-state index contributed by atoms with van der Waals surface area (Å²) in [6, 6.07) is 5.57. The Morgan fingerprint density at radius 3 is 2.25 bits per heavy atom. The summed E-state index contributed by atoms with van der Waals surface area (Å²) in [5.41, 5.74) is 6.89. The topological polar surface area (TPSA) is 163 Å². The first-order chi connectivity index (χ1) is 15.3. The molecule has 0 saturated carbocycles. The molecule has 10 nitrogen and oxygen atoms in total. The first kappa shape index (κ1) is 26.9. The van der Waals surface area contributed by atoms with E-state index >= 15 is 0 Å². The standard InChI is InChI=1S/C22H35N5O5/c1-3-13-25-16-9-7-15(8-10-16)21(30)26-14-5-4-6-17(20(23)29)27-19(28)12-11-18(24-2)22(31)32/h7-10,17-18,24-25H,3-6,11-14H2,1-2H3,(H2,23,29)(H,26,30)(H,27,28)(H,31,32)/t17-,18-/m0/s1. The number of carbonyl (C=O) groups is 4. The van der Waals surface area contributed by atoms with Crippen molar-refractivity contribution in [1.29, 1.82) is 0 Å². The first-order valence-electron chi connectivity index (χ1n) is 10.9. The van der Waals surface area contributed by atoms with Crippen LogP contribution in [0.2, 0.25) is 0 Å². The highest BCUT2D eigenvalue weighted by Crippen LogP contribution is 2.10. The molecule has 1 aromatic rings. The molecule has 7 N–H and O–H groups in total. The van der Waals surface area contributed by atoms with E-state index in [-0.39, 0.29) is 18.7 Å². The van der Waals surface area contributed by atoms with E-state index in [1.54, 1.807) is 12.1 Å². The van der Waals surface area contributed by atoms with Crippen LogP contribution < -0.4 is 27.0 Å². The average Bonchev–Trinajstić information content (AvgIpc) is 2.76. The number of benzene rings is 1. The van der Waals surface area contributed by atoms with Crippen LogP contribution in [0.4, 0.5) is 5.69 Å². The molecule has 32 heavy (non-hydrogen) atoms. The average molecular weight is 450 g/mol. The monoisotopic (exact) mass is 449 g/mol. The number of hydrogen-bond donors (Lipinski definition) is 6. The molecule has 0 aliphatic carbocycles. The van der Waals surface area contributed by atoms with Crippen LogP contribution in [0.5, 0.6) is 0 Å². The minimum absolute atomic E-state index is 0.0373. The zero-order valence-corrected chi connectivity index (χ0v) is 18.8. The van der Waals surface area contributed by atoms with Gasteiger partial charge in [0.25, 0.3) is 5.91 Å². The Kier molecular flexibility index (Phi) is 12.4. The first-order valence-corrected chi connectivity index (χ1v) is 10.9. The quantitative estimate of drug-likeness (QED) is 0.204. The van der Waals surface area contributed by atoms with Crippen molar-refractivity contribution in [2.24, 2.45) is 5.73 Å². The Bertz CT molecular complexity index is 754. The molecular weight excluding hydrogens is 414 g/mol. The molecule has 0 aromatic heterocycles. The number of carbonyl (C=O) groups excluding carboxylic acids is 3. The van der Waals surface area contributed by atoms with Gasteiger partial charge in [-0.1, -0.05) is 6.92 Å². The summed E-state index contributed by atoms with van der Waals surface area (Å²) in [5.74, 6) is -2.30. The lowest BCUT2D eigenvalue weighted by Crippen LogP contribution is -2.45. The zero-order chi connectivity index (χ0) is 23.9. The van der Waals surface area contributed by atoms with Crippen LogP contribution in [0.1, 0.15) is 55.8 Å². The van der Waals surface area contributed by atoms with Crippen LogP contribution in [0.25, 0.3) is 0 Å². The van der Waals surface area contributed by atoms with Gasteiger partial charge < -0.3 is 32.1 Å². The minimum atomic E-state index is -1.04. The summed E-state index contributed by atoms with van der Waals surface area (Å²) in [6.07, 6.45) is 2.60. The summed E-state index contributed by atoms with van der Waals surface area (Å²) < 4.78 is 0. The van der Waals surface area contributed by atoms with E-state index in [1.165, 1.54) is 7.05 Å². The van der Waals surface area contributed by atoms with Crippen molar-refractivity contribution in [1.82, 2.24) is 16.0 Å². The number of nitrogens with two attached hydrogens (primary N) is 1. The molecule has 0 aliphatic heterocycles. The van der Waals surface area contributed by atoms with Crippen LogP contribution in [-0.2, 0) is 14.4 Å². The minimum Gasteiger partial charge on any atom is -0.480 e. The molecule has 0 heterocycles. The Hall–Kier alpha value is -3.14. The van der Waals surface area contributed by atoms with E-state index in [2.05, 4.69) is 28.2 Å². The van der Waals surface area contributed by atoms with Gasteiger partial charge in [-0.2, -0.15) is 0 Å². The van der Waals surface area contributed by atoms with E-state index in [0.29, 0.717) is 31.4 Å². The molecule has 2 atom stereocenters. The van der Waals surface area contributed by atoms with Crippen molar-refractivity contribution in [3.63, 3.8) is 0 Å². The van der Waals surface area contributed by atoms with Crippen molar-refractivity contribution in [2.75, 3.05) is 25.5 Å². The third kappa shape index (κ3) is 10.3. The molecule has 0 bridgehead atoms. The molecule has 1 aromatic carbocycles. The van der Waals surface area contributed by atoms with Crippen molar-refractivity contribution >= 4 is 29.4 Å². The number of nitrogens with one attached hydrogen (secondary N) is 4. The van der Waals surface area contributed by atoms with Crippen LogP contribution in [-0.4, -0.2) is 61.0 Å². The van der Waals surface area contributed by atoms with Crippen LogP contribution in [0, 0.1) is 0 Å². The SMILES string of the molecule is CCCNc1ccc(C(=O)NCCCC[C@H](NC(=O)CC[C@H](NC)C(=O)O)C(N)=O)cc1. The van der Waals surface area contributed by atoms with Crippen LogP contribution in [0.15, 0.2) is 24.3 Å². The van der Waals surface area contributed by atoms with Gasteiger partial charge >= 0.3 is 5.97 Å². The highest BCUT2D eigenvalue weighted by molar-refractivity contribution is 5.94. The van der Waals surface area contributed by atoms with Crippen molar-refractivity contribution in [3.05, 3.63) is 29.8 Å². The second-order valence-corrected chi connectivity index (χ2v) is 7.50. The lowest BCUT2D eigenvalue weighted by Gasteiger charge is -2.16. The zero-order valence-electron chi connectivity index (χ0n) is 18.8. The number of amides is 3. The summed E-state index contributed by atoms with van der Waals surface area (Å²) >= 11 is 0. The van der Waals surface area contributed by atoms with Gasteiger partial charge in [0.05, 0.1) is 0 Å². The lowest BCUT2D eigenvalue weighted by atomic mass is 10.1. The Labute approximate surface area is 188 Å². The smallest absolute Gasteiger partial charge is 0.320 e. The van der Waals surface area contributed by atoms with Crippen molar-refractivity contribution < 1.29 is 24.3 Å². The predicted octanol–water partition coefficient (Wildman–Crippen LogP) is 0.832. The third-order valence-corrected chi connectivity index (χ3v) is 4.92. The molecule has 0 saturated heterocycles. The largest absolute Gasteiger partial charge is 0.480 e. The molecule has 1 rings (SSSR count). The Morgan fingerprint density at radius 2 is 1.69 bits per heavy atom. The molecular formula is C22H35N5O5. The number of rotatable bonds is 16. The summed E-state index contributed by atoms with van der Waals surface area (Å²) in [7, 11) is 1.50. The molecule has 3 amide bonds. The molecule has 0 unspecified atom stereocenters. The highest BCUT2D eigenvalue weighted by atomic mass is 16.4. The van der Waals surface area contributed by atoms with Gasteiger partial charge in [0, 0.05) is 30.8 Å². The molecule has 0 aliphatic rings.